The molecule has 1 atom stereocenters. The first-order valence-electron chi connectivity index (χ1n) is 6.92. The molecule has 0 radical (unpaired) electrons. The number of nitrogens with one attached hydrogen (secondary N) is 2. The average Bonchev–Trinajstić information content (AvgIpc) is 2.96. The van der Waals surface area contributed by atoms with E-state index in [9.17, 15) is 0 Å². The minimum Gasteiger partial charge on any atom is -0.357 e. The van der Waals surface area contributed by atoms with E-state index in [1.165, 1.54) is 18.6 Å². The van der Waals surface area contributed by atoms with Gasteiger partial charge in [0.05, 0.1) is 12.2 Å². The number of aliphatic imine (C=N–C) groups is 1. The molecule has 1 fully saturated rings. The summed E-state index contributed by atoms with van der Waals surface area (Å²) in [7, 11) is 0. The maximum atomic E-state index is 4.57. The number of hydrogen-bond acceptors (Lipinski definition) is 3. The van der Waals surface area contributed by atoms with Crippen molar-refractivity contribution in [1.29, 1.82) is 0 Å². The van der Waals surface area contributed by atoms with Gasteiger partial charge in [-0.1, -0.05) is 6.07 Å². The smallest absolute Gasteiger partial charge is 0.191 e. The minimum atomic E-state index is 0.619. The summed E-state index contributed by atoms with van der Waals surface area (Å²) in [5, 5.41) is 7.44. The van der Waals surface area contributed by atoms with Crippen LogP contribution in [-0.2, 0) is 6.54 Å². The van der Waals surface area contributed by atoms with Gasteiger partial charge in [-0.3, -0.25) is 4.98 Å². The molecular weight excluding hydrogens is 256 g/mol. The van der Waals surface area contributed by atoms with E-state index in [1.54, 1.807) is 6.20 Å². The van der Waals surface area contributed by atoms with Crippen LogP contribution in [0.5, 0.6) is 0 Å². The molecule has 1 aromatic heterocycles. The van der Waals surface area contributed by atoms with Crippen LogP contribution in [0.25, 0.3) is 0 Å². The fourth-order valence-corrected chi connectivity index (χ4v) is 3.21. The van der Waals surface area contributed by atoms with E-state index in [0.717, 1.165) is 30.0 Å². The summed E-state index contributed by atoms with van der Waals surface area (Å²) in [6, 6.07) is 5.92. The molecule has 1 saturated heterocycles. The zero-order valence-corrected chi connectivity index (χ0v) is 12.2. The van der Waals surface area contributed by atoms with E-state index < -0.39 is 0 Å². The van der Waals surface area contributed by atoms with Crippen LogP contribution in [0.2, 0.25) is 0 Å². The molecule has 1 unspecified atom stereocenters. The summed E-state index contributed by atoms with van der Waals surface area (Å²) in [4.78, 5) is 8.85. The first-order valence-corrected chi connectivity index (χ1v) is 7.97. The van der Waals surface area contributed by atoms with Gasteiger partial charge >= 0.3 is 0 Å². The lowest BCUT2D eigenvalue weighted by Gasteiger charge is -2.14. The van der Waals surface area contributed by atoms with E-state index in [2.05, 4.69) is 39.3 Å². The van der Waals surface area contributed by atoms with Crippen molar-refractivity contribution >= 4 is 17.7 Å². The topological polar surface area (TPSA) is 49.3 Å². The zero-order chi connectivity index (χ0) is 13.3. The monoisotopic (exact) mass is 278 g/mol. The largest absolute Gasteiger partial charge is 0.357 e. The molecule has 4 nitrogen and oxygen atoms in total. The van der Waals surface area contributed by atoms with Crippen LogP contribution in [0.3, 0.4) is 0 Å². The third kappa shape index (κ3) is 5.11. The van der Waals surface area contributed by atoms with Crippen LogP contribution in [0.4, 0.5) is 0 Å². The summed E-state index contributed by atoms with van der Waals surface area (Å²) >= 11 is 2.06. The fraction of sp³-hybridized carbons (Fsp3) is 0.571. The van der Waals surface area contributed by atoms with Crippen LogP contribution in [0, 0.1) is 0 Å². The van der Waals surface area contributed by atoms with Gasteiger partial charge < -0.3 is 10.6 Å². The van der Waals surface area contributed by atoms with Gasteiger partial charge in [-0.2, -0.15) is 11.8 Å². The molecule has 0 saturated carbocycles. The summed E-state index contributed by atoms with van der Waals surface area (Å²) < 4.78 is 0. The van der Waals surface area contributed by atoms with E-state index in [1.807, 2.05) is 18.2 Å². The molecule has 5 heteroatoms. The van der Waals surface area contributed by atoms with Crippen LogP contribution < -0.4 is 10.6 Å². The molecule has 0 bridgehead atoms. The van der Waals surface area contributed by atoms with Crippen LogP contribution in [-0.4, -0.2) is 35.0 Å². The van der Waals surface area contributed by atoms with Crippen molar-refractivity contribution in [1.82, 2.24) is 15.6 Å². The van der Waals surface area contributed by atoms with E-state index in [4.69, 9.17) is 0 Å². The molecule has 0 aromatic carbocycles. The van der Waals surface area contributed by atoms with Gasteiger partial charge in [-0.15, -0.1) is 0 Å². The number of aromatic nitrogens is 1. The summed E-state index contributed by atoms with van der Waals surface area (Å²) in [5.74, 6) is 2.19. The molecule has 2 rings (SSSR count). The predicted octanol–water partition coefficient (Wildman–Crippen LogP) is 2.03. The normalized spacial score (nSPS) is 19.4. The number of hydrogen-bond donors (Lipinski definition) is 2. The lowest BCUT2D eigenvalue weighted by Crippen LogP contribution is -2.40. The third-order valence-corrected chi connectivity index (χ3v) is 4.39. The van der Waals surface area contributed by atoms with Gasteiger partial charge in [0.15, 0.2) is 5.96 Å². The van der Waals surface area contributed by atoms with Crippen molar-refractivity contribution in [3.63, 3.8) is 0 Å². The molecule has 2 N–H and O–H groups in total. The third-order valence-electron chi connectivity index (χ3n) is 2.99. The Bertz CT molecular complexity index is 388. The Balaban J connectivity index is 1.83. The molecule has 0 amide bonds. The van der Waals surface area contributed by atoms with Gasteiger partial charge in [0.2, 0.25) is 0 Å². The van der Waals surface area contributed by atoms with E-state index >= 15 is 0 Å². The maximum Gasteiger partial charge on any atom is 0.191 e. The Morgan fingerprint density at radius 1 is 1.47 bits per heavy atom. The number of rotatable bonds is 5. The molecule has 0 aliphatic carbocycles. The molecule has 2 heterocycles. The van der Waals surface area contributed by atoms with Crippen molar-refractivity contribution in [2.75, 3.05) is 18.8 Å². The lowest BCUT2D eigenvalue weighted by atomic mass is 10.2. The first kappa shape index (κ1) is 14.2. The average molecular weight is 278 g/mol. The minimum absolute atomic E-state index is 0.619. The summed E-state index contributed by atoms with van der Waals surface area (Å²) in [6.45, 7) is 4.58. The van der Waals surface area contributed by atoms with Crippen molar-refractivity contribution in [2.24, 2.45) is 4.99 Å². The second-order valence-corrected chi connectivity index (χ2v) is 5.94. The highest BCUT2D eigenvalue weighted by Gasteiger charge is 2.15. The van der Waals surface area contributed by atoms with Crippen LogP contribution in [0.1, 0.15) is 25.5 Å². The second-order valence-electron chi connectivity index (χ2n) is 4.53. The maximum absolute atomic E-state index is 4.57. The van der Waals surface area contributed by atoms with E-state index in [0.29, 0.717) is 6.54 Å². The van der Waals surface area contributed by atoms with Crippen molar-refractivity contribution in [2.45, 2.75) is 31.6 Å². The Kier molecular flexibility index (Phi) is 6.01. The quantitative estimate of drug-likeness (QED) is 0.639. The Labute approximate surface area is 119 Å². The second kappa shape index (κ2) is 8.04. The molecular formula is C14H22N4S. The van der Waals surface area contributed by atoms with Gasteiger partial charge in [0.25, 0.3) is 0 Å². The van der Waals surface area contributed by atoms with Gasteiger partial charge in [0.1, 0.15) is 0 Å². The highest BCUT2D eigenvalue weighted by Crippen LogP contribution is 2.25. The summed E-state index contributed by atoms with van der Waals surface area (Å²) in [5.41, 5.74) is 0.995. The summed E-state index contributed by atoms with van der Waals surface area (Å²) in [6.07, 6.45) is 4.47. The SMILES string of the molecule is CCNC(=NCc1ccccn1)NCC1CCCS1. The van der Waals surface area contributed by atoms with Crippen molar-refractivity contribution < 1.29 is 0 Å². The Morgan fingerprint density at radius 3 is 3.11 bits per heavy atom. The van der Waals surface area contributed by atoms with E-state index in [-0.39, 0.29) is 0 Å². The number of guanidine groups is 1. The fourth-order valence-electron chi connectivity index (χ4n) is 2.01. The number of thioether (sulfide) groups is 1. The van der Waals surface area contributed by atoms with Gasteiger partial charge in [-0.25, -0.2) is 4.99 Å². The standard InChI is InChI=1S/C14H22N4S/c1-2-15-14(18-11-13-7-5-9-19-13)17-10-12-6-3-4-8-16-12/h3-4,6,8,13H,2,5,7,9-11H2,1H3,(H2,15,17,18). The van der Waals surface area contributed by atoms with Crippen LogP contribution >= 0.6 is 11.8 Å². The van der Waals surface area contributed by atoms with Gasteiger partial charge in [0, 0.05) is 24.5 Å². The van der Waals surface area contributed by atoms with Crippen LogP contribution in [0.15, 0.2) is 29.4 Å². The Hall–Kier alpha value is -1.23. The molecule has 19 heavy (non-hydrogen) atoms. The van der Waals surface area contributed by atoms with Crippen molar-refractivity contribution in [3.05, 3.63) is 30.1 Å². The van der Waals surface area contributed by atoms with Crippen molar-refractivity contribution in [3.8, 4) is 0 Å². The Morgan fingerprint density at radius 2 is 2.42 bits per heavy atom. The molecule has 1 aromatic rings. The molecule has 0 spiro atoms. The molecule has 1 aliphatic rings. The lowest BCUT2D eigenvalue weighted by molar-refractivity contribution is 0.726. The number of nitrogens with zero attached hydrogens (tertiary/aromatic N) is 2. The van der Waals surface area contributed by atoms with Gasteiger partial charge in [-0.05, 0) is 37.7 Å². The zero-order valence-electron chi connectivity index (χ0n) is 11.4. The highest BCUT2D eigenvalue weighted by atomic mass is 32.2. The number of pyridine rings is 1. The highest BCUT2D eigenvalue weighted by molar-refractivity contribution is 8.00. The predicted molar refractivity (Wildman–Crippen MR) is 82.5 cm³/mol. The molecule has 1 aliphatic heterocycles. The first-order chi connectivity index (χ1) is 9.38. The molecule has 104 valence electrons.